The smallest absolute Gasteiger partial charge is 0.266 e. The van der Waals surface area contributed by atoms with Crippen molar-refractivity contribution in [3.63, 3.8) is 0 Å². The molecule has 0 spiro atoms. The summed E-state index contributed by atoms with van der Waals surface area (Å²) in [4.78, 5) is 15.1. The highest BCUT2D eigenvalue weighted by molar-refractivity contribution is 8.26. The van der Waals surface area contributed by atoms with Crippen LogP contribution in [-0.2, 0) is 11.4 Å². The lowest BCUT2D eigenvalue weighted by atomic mass is 10.1. The number of carbonyl (C=O) groups excluding carboxylic acids is 1. The molecule has 0 atom stereocenters. The third-order valence-corrected chi connectivity index (χ3v) is 5.89. The number of nitrogens with zero attached hydrogens (tertiary/aromatic N) is 1. The number of thiocarbonyl (C=S) groups is 1. The fourth-order valence-corrected chi connectivity index (χ4v) is 4.70. The van der Waals surface area contributed by atoms with E-state index in [1.807, 2.05) is 76.2 Å². The Kier molecular flexibility index (Phi) is 7.11. The summed E-state index contributed by atoms with van der Waals surface area (Å²) in [7, 11) is 0. The van der Waals surface area contributed by atoms with Crippen LogP contribution in [0.15, 0.2) is 47.4 Å². The maximum absolute atomic E-state index is 12.8. The molecule has 4 nitrogen and oxygen atoms in total. The number of thioether (sulfide) groups is 1. The van der Waals surface area contributed by atoms with Crippen LogP contribution in [-0.4, -0.2) is 27.3 Å². The maximum Gasteiger partial charge on any atom is 0.266 e. The van der Waals surface area contributed by atoms with Crippen LogP contribution in [0.25, 0.3) is 6.08 Å². The molecule has 1 aliphatic heterocycles. The number of rotatable bonds is 6. The summed E-state index contributed by atoms with van der Waals surface area (Å²) in [6.45, 7) is 8.75. The van der Waals surface area contributed by atoms with Crippen LogP contribution in [0.3, 0.4) is 0 Å². The lowest BCUT2D eigenvalue weighted by Gasteiger charge is -2.30. The van der Waals surface area contributed by atoms with Gasteiger partial charge in [-0.25, -0.2) is 0 Å². The number of halogens is 1. The number of benzene rings is 2. The number of hydrogen-bond donors (Lipinski definition) is 0. The highest BCUT2D eigenvalue weighted by Gasteiger charge is 2.39. The first-order chi connectivity index (χ1) is 14.2. The fraction of sp³-hybridized carbons (Fsp3) is 0.304. The topological polar surface area (TPSA) is 38.8 Å². The van der Waals surface area contributed by atoms with Crippen molar-refractivity contribution in [3.05, 3.63) is 63.5 Å². The molecule has 0 unspecified atom stereocenters. The van der Waals surface area contributed by atoms with Gasteiger partial charge in [0, 0.05) is 10.6 Å². The Hall–Kier alpha value is -2.02. The third-order valence-electron chi connectivity index (χ3n) is 4.34. The standard InChI is InChI=1S/C23H24ClNO3S2/c1-5-27-19-12-16(13-20-21(26)25(22(29)30-20)23(2,3)4)8-11-18(19)28-14-15-6-9-17(24)10-7-15/h6-13H,5,14H2,1-4H3/b20-13-. The van der Waals surface area contributed by atoms with Crippen molar-refractivity contribution in [2.24, 2.45) is 0 Å². The quantitative estimate of drug-likeness (QED) is 0.372. The largest absolute Gasteiger partial charge is 0.490 e. The van der Waals surface area contributed by atoms with Crippen LogP contribution in [0.5, 0.6) is 11.5 Å². The molecule has 158 valence electrons. The number of hydrogen-bond acceptors (Lipinski definition) is 5. The molecule has 0 bridgehead atoms. The van der Waals surface area contributed by atoms with E-state index in [0.717, 1.165) is 11.1 Å². The minimum absolute atomic E-state index is 0.0708. The Bertz CT molecular complexity index is 981. The van der Waals surface area contributed by atoms with E-state index >= 15 is 0 Å². The third kappa shape index (κ3) is 5.36. The second kappa shape index (κ2) is 9.41. The molecule has 7 heteroatoms. The van der Waals surface area contributed by atoms with Crippen molar-refractivity contribution in [2.45, 2.75) is 39.8 Å². The van der Waals surface area contributed by atoms with Gasteiger partial charge >= 0.3 is 0 Å². The zero-order chi connectivity index (χ0) is 21.9. The first-order valence-corrected chi connectivity index (χ1v) is 11.2. The molecule has 0 saturated carbocycles. The normalized spacial score (nSPS) is 15.8. The zero-order valence-corrected chi connectivity index (χ0v) is 19.8. The molecule has 1 fully saturated rings. The summed E-state index contributed by atoms with van der Waals surface area (Å²) in [5, 5.41) is 0.690. The van der Waals surface area contributed by atoms with E-state index in [-0.39, 0.29) is 11.4 Å². The van der Waals surface area contributed by atoms with Crippen molar-refractivity contribution >= 4 is 51.9 Å². The monoisotopic (exact) mass is 461 g/mol. The van der Waals surface area contributed by atoms with Gasteiger partial charge in [0.15, 0.2) is 11.5 Å². The predicted molar refractivity (Wildman–Crippen MR) is 128 cm³/mol. The van der Waals surface area contributed by atoms with Gasteiger partial charge in [0.1, 0.15) is 10.9 Å². The van der Waals surface area contributed by atoms with Gasteiger partial charge in [-0.15, -0.1) is 0 Å². The van der Waals surface area contributed by atoms with Crippen molar-refractivity contribution in [2.75, 3.05) is 6.61 Å². The summed E-state index contributed by atoms with van der Waals surface area (Å²) in [6, 6.07) is 13.2. The van der Waals surface area contributed by atoms with Gasteiger partial charge in [0.05, 0.1) is 11.5 Å². The highest BCUT2D eigenvalue weighted by atomic mass is 35.5. The van der Waals surface area contributed by atoms with Gasteiger partial charge in [0.25, 0.3) is 5.91 Å². The molecule has 0 aliphatic carbocycles. The molecule has 3 rings (SSSR count). The molecule has 1 amide bonds. The van der Waals surface area contributed by atoms with Crippen LogP contribution in [0.2, 0.25) is 5.02 Å². The van der Waals surface area contributed by atoms with Crippen molar-refractivity contribution in [1.29, 1.82) is 0 Å². The first kappa shape index (κ1) is 22.7. The Morgan fingerprint density at radius 3 is 2.40 bits per heavy atom. The predicted octanol–water partition coefficient (Wildman–Crippen LogP) is 6.32. The van der Waals surface area contributed by atoms with Crippen LogP contribution >= 0.6 is 35.6 Å². The molecule has 1 aliphatic rings. The van der Waals surface area contributed by atoms with Gasteiger partial charge in [-0.05, 0) is 69.2 Å². The maximum atomic E-state index is 12.8. The molecular weight excluding hydrogens is 438 g/mol. The van der Waals surface area contributed by atoms with E-state index in [0.29, 0.717) is 39.0 Å². The molecule has 1 saturated heterocycles. The lowest BCUT2D eigenvalue weighted by molar-refractivity contribution is -0.125. The van der Waals surface area contributed by atoms with Crippen molar-refractivity contribution < 1.29 is 14.3 Å². The second-order valence-corrected chi connectivity index (χ2v) is 9.85. The average Bonchev–Trinajstić information content (AvgIpc) is 2.96. The Morgan fingerprint density at radius 1 is 1.10 bits per heavy atom. The number of ether oxygens (including phenoxy) is 2. The average molecular weight is 462 g/mol. The molecule has 0 radical (unpaired) electrons. The molecular formula is C23H24ClNO3S2. The summed E-state index contributed by atoms with van der Waals surface area (Å²) in [5.74, 6) is 1.20. The zero-order valence-electron chi connectivity index (χ0n) is 17.4. The minimum Gasteiger partial charge on any atom is -0.490 e. The van der Waals surface area contributed by atoms with E-state index in [1.165, 1.54) is 11.8 Å². The van der Waals surface area contributed by atoms with Crippen LogP contribution < -0.4 is 9.47 Å². The molecule has 0 N–H and O–H groups in total. The van der Waals surface area contributed by atoms with E-state index in [1.54, 1.807) is 4.90 Å². The Labute approximate surface area is 192 Å². The van der Waals surface area contributed by atoms with E-state index < -0.39 is 0 Å². The Morgan fingerprint density at radius 2 is 1.80 bits per heavy atom. The minimum atomic E-state index is -0.355. The van der Waals surface area contributed by atoms with E-state index in [2.05, 4.69) is 0 Å². The van der Waals surface area contributed by atoms with Crippen LogP contribution in [0, 0.1) is 0 Å². The van der Waals surface area contributed by atoms with Gasteiger partial charge in [-0.3, -0.25) is 9.69 Å². The summed E-state index contributed by atoms with van der Waals surface area (Å²) >= 11 is 12.7. The molecule has 1 heterocycles. The van der Waals surface area contributed by atoms with E-state index in [4.69, 9.17) is 33.3 Å². The molecule has 2 aromatic rings. The summed E-state index contributed by atoms with van der Waals surface area (Å²) in [5.41, 5.74) is 1.51. The van der Waals surface area contributed by atoms with Gasteiger partial charge in [-0.2, -0.15) is 0 Å². The van der Waals surface area contributed by atoms with Gasteiger partial charge < -0.3 is 9.47 Å². The van der Waals surface area contributed by atoms with Gasteiger partial charge in [-0.1, -0.05) is 53.8 Å². The molecule has 30 heavy (non-hydrogen) atoms. The van der Waals surface area contributed by atoms with Gasteiger partial charge in [0.2, 0.25) is 0 Å². The highest BCUT2D eigenvalue weighted by Crippen LogP contribution is 2.38. The van der Waals surface area contributed by atoms with Crippen molar-refractivity contribution in [3.8, 4) is 11.5 Å². The summed E-state index contributed by atoms with van der Waals surface area (Å²) < 4.78 is 12.3. The van der Waals surface area contributed by atoms with E-state index in [9.17, 15) is 4.79 Å². The van der Waals surface area contributed by atoms with Crippen LogP contribution in [0.4, 0.5) is 0 Å². The van der Waals surface area contributed by atoms with Crippen LogP contribution in [0.1, 0.15) is 38.8 Å². The molecule has 2 aromatic carbocycles. The number of carbonyl (C=O) groups is 1. The fourth-order valence-electron chi connectivity index (χ4n) is 2.94. The molecule has 0 aromatic heterocycles. The lowest BCUT2D eigenvalue weighted by Crippen LogP contribution is -2.44. The second-order valence-electron chi connectivity index (χ2n) is 7.74. The first-order valence-electron chi connectivity index (χ1n) is 9.61. The SMILES string of the molecule is CCOc1cc(/C=C2\SC(=S)N(C(C)(C)C)C2=O)ccc1OCc1ccc(Cl)cc1. The van der Waals surface area contributed by atoms with Crippen molar-refractivity contribution in [1.82, 2.24) is 4.90 Å². The number of amides is 1. The Balaban J connectivity index is 1.81. The summed E-state index contributed by atoms with van der Waals surface area (Å²) in [6.07, 6.45) is 1.84.